The third-order valence-electron chi connectivity index (χ3n) is 4.97. The minimum atomic E-state index is 0.569. The van der Waals surface area contributed by atoms with Crippen LogP contribution < -0.4 is 0 Å². The Labute approximate surface area is 126 Å². The lowest BCUT2D eigenvalue weighted by atomic mass is 9.76. The maximum atomic E-state index is 5.48. The van der Waals surface area contributed by atoms with Crippen molar-refractivity contribution in [1.29, 1.82) is 0 Å². The summed E-state index contributed by atoms with van der Waals surface area (Å²) in [5.74, 6) is 3.39. The van der Waals surface area contributed by atoms with Crippen LogP contribution in [0.3, 0.4) is 0 Å². The molecule has 2 aliphatic rings. The van der Waals surface area contributed by atoms with E-state index in [4.69, 9.17) is 17.0 Å². The molecule has 0 amide bonds. The first-order valence-corrected chi connectivity index (χ1v) is 8.25. The molecule has 0 spiro atoms. The van der Waals surface area contributed by atoms with E-state index in [9.17, 15) is 0 Å². The number of nitrogens with one attached hydrogen (secondary N) is 1. The van der Waals surface area contributed by atoms with E-state index in [0.29, 0.717) is 12.5 Å². The second kappa shape index (κ2) is 5.94. The smallest absolute Gasteiger partial charge is 0.135 e. The van der Waals surface area contributed by atoms with E-state index >= 15 is 0 Å². The Morgan fingerprint density at radius 3 is 2.70 bits per heavy atom. The number of ether oxygens (including phenoxy) is 1. The number of aromatic nitrogens is 2. The van der Waals surface area contributed by atoms with Crippen LogP contribution in [-0.4, -0.2) is 16.6 Å². The summed E-state index contributed by atoms with van der Waals surface area (Å²) in [6.45, 7) is 6.10. The summed E-state index contributed by atoms with van der Waals surface area (Å²) < 4.78 is 6.23. The Morgan fingerprint density at radius 1 is 1.25 bits per heavy atom. The normalized spacial score (nSPS) is 26.6. The van der Waals surface area contributed by atoms with Gasteiger partial charge in [-0.15, -0.1) is 0 Å². The Kier molecular flexibility index (Phi) is 4.22. The van der Waals surface area contributed by atoms with Crippen LogP contribution in [0.1, 0.15) is 62.5 Å². The fraction of sp³-hybridized carbons (Fsp3) is 0.750. The van der Waals surface area contributed by atoms with Gasteiger partial charge in [-0.05, 0) is 37.5 Å². The molecule has 0 radical (unpaired) electrons. The molecule has 4 heteroatoms. The molecular weight excluding hydrogens is 268 g/mol. The lowest BCUT2D eigenvalue weighted by molar-refractivity contribution is 0.108. The summed E-state index contributed by atoms with van der Waals surface area (Å²) in [6, 6.07) is 0. The minimum absolute atomic E-state index is 0.569. The molecule has 1 saturated carbocycles. The Hall–Kier alpha value is -0.740. The summed E-state index contributed by atoms with van der Waals surface area (Å²) in [5, 5.41) is 0. The van der Waals surface area contributed by atoms with Crippen LogP contribution in [0.25, 0.3) is 0 Å². The summed E-state index contributed by atoms with van der Waals surface area (Å²) in [7, 11) is 0. The lowest BCUT2D eigenvalue weighted by Crippen LogP contribution is -2.21. The first-order valence-electron chi connectivity index (χ1n) is 7.85. The molecule has 1 aliphatic heterocycles. The number of rotatable bonds is 2. The largest absolute Gasteiger partial charge is 0.376 e. The standard InChI is InChI=1S/C16H24N2OS/c1-10(2)11-3-5-12(6-4-11)15-17-14-7-8-19-9-13(14)16(20)18-15/h10-12H,3-9H2,1-2H3,(H,17,18,20). The Morgan fingerprint density at radius 2 is 2.00 bits per heavy atom. The van der Waals surface area contributed by atoms with Crippen molar-refractivity contribution in [3.8, 4) is 0 Å². The molecule has 110 valence electrons. The molecule has 0 saturated heterocycles. The van der Waals surface area contributed by atoms with Gasteiger partial charge in [0.05, 0.1) is 13.2 Å². The summed E-state index contributed by atoms with van der Waals surface area (Å²) in [4.78, 5) is 8.22. The second-order valence-electron chi connectivity index (χ2n) is 6.54. The zero-order chi connectivity index (χ0) is 14.1. The molecule has 1 N–H and O–H groups in total. The second-order valence-corrected chi connectivity index (χ2v) is 6.93. The molecule has 1 aromatic heterocycles. The molecule has 0 aromatic carbocycles. The van der Waals surface area contributed by atoms with Crippen LogP contribution in [0.5, 0.6) is 0 Å². The van der Waals surface area contributed by atoms with Gasteiger partial charge in [0.2, 0.25) is 0 Å². The predicted molar refractivity (Wildman–Crippen MR) is 82.3 cm³/mol. The number of hydrogen-bond acceptors (Lipinski definition) is 3. The Bertz CT molecular complexity index is 530. The molecule has 1 fully saturated rings. The molecule has 0 bridgehead atoms. The molecule has 1 aliphatic carbocycles. The molecule has 0 atom stereocenters. The number of H-pyrrole nitrogens is 1. The first-order chi connectivity index (χ1) is 9.65. The molecule has 3 rings (SSSR count). The summed E-state index contributed by atoms with van der Waals surface area (Å²) in [6.07, 6.45) is 6.08. The highest BCUT2D eigenvalue weighted by Crippen LogP contribution is 2.37. The molecule has 20 heavy (non-hydrogen) atoms. The highest BCUT2D eigenvalue weighted by molar-refractivity contribution is 7.71. The van der Waals surface area contributed by atoms with Gasteiger partial charge in [0.15, 0.2) is 0 Å². The maximum absolute atomic E-state index is 5.48. The van der Waals surface area contributed by atoms with Crippen molar-refractivity contribution < 1.29 is 4.74 Å². The van der Waals surface area contributed by atoms with E-state index in [-0.39, 0.29) is 0 Å². The van der Waals surface area contributed by atoms with Crippen LogP contribution in [0.2, 0.25) is 0 Å². The van der Waals surface area contributed by atoms with Gasteiger partial charge in [-0.25, -0.2) is 4.98 Å². The first kappa shape index (κ1) is 14.2. The van der Waals surface area contributed by atoms with Gasteiger partial charge in [-0.3, -0.25) is 0 Å². The maximum Gasteiger partial charge on any atom is 0.135 e. The van der Waals surface area contributed by atoms with Crippen molar-refractivity contribution in [1.82, 2.24) is 9.97 Å². The molecular formula is C16H24N2OS. The average molecular weight is 292 g/mol. The van der Waals surface area contributed by atoms with Crippen molar-refractivity contribution in [3.05, 3.63) is 21.7 Å². The number of fused-ring (bicyclic) bond motifs is 1. The van der Waals surface area contributed by atoms with E-state index in [1.54, 1.807) is 0 Å². The predicted octanol–water partition coefficient (Wildman–Crippen LogP) is 4.14. The third kappa shape index (κ3) is 2.82. The van der Waals surface area contributed by atoms with Gasteiger partial charge in [0.1, 0.15) is 10.5 Å². The van der Waals surface area contributed by atoms with Crippen LogP contribution in [0.4, 0.5) is 0 Å². The van der Waals surface area contributed by atoms with Crippen LogP contribution in [0.15, 0.2) is 0 Å². The van der Waals surface area contributed by atoms with E-state index in [1.165, 1.54) is 31.4 Å². The summed E-state index contributed by atoms with van der Waals surface area (Å²) in [5.41, 5.74) is 2.36. The highest BCUT2D eigenvalue weighted by Gasteiger charge is 2.26. The SMILES string of the molecule is CC(C)C1CCC(c2nc(=S)c3c([nH]2)CCOC3)CC1. The van der Waals surface area contributed by atoms with Crippen molar-refractivity contribution in [2.24, 2.45) is 11.8 Å². The van der Waals surface area contributed by atoms with Crippen LogP contribution in [-0.2, 0) is 17.8 Å². The van der Waals surface area contributed by atoms with Gasteiger partial charge < -0.3 is 9.72 Å². The van der Waals surface area contributed by atoms with Gasteiger partial charge in [-0.2, -0.15) is 0 Å². The molecule has 2 heterocycles. The van der Waals surface area contributed by atoms with E-state index in [2.05, 4.69) is 23.8 Å². The topological polar surface area (TPSA) is 37.9 Å². The zero-order valence-electron chi connectivity index (χ0n) is 12.4. The highest BCUT2D eigenvalue weighted by atomic mass is 32.1. The molecule has 3 nitrogen and oxygen atoms in total. The fourth-order valence-electron chi connectivity index (χ4n) is 3.53. The minimum Gasteiger partial charge on any atom is -0.376 e. The van der Waals surface area contributed by atoms with Gasteiger partial charge in [0, 0.05) is 23.6 Å². The fourth-order valence-corrected chi connectivity index (χ4v) is 3.81. The van der Waals surface area contributed by atoms with E-state index < -0.39 is 0 Å². The third-order valence-corrected chi connectivity index (χ3v) is 5.31. The van der Waals surface area contributed by atoms with E-state index in [1.807, 2.05) is 0 Å². The van der Waals surface area contributed by atoms with E-state index in [0.717, 1.165) is 40.9 Å². The zero-order valence-corrected chi connectivity index (χ0v) is 13.3. The van der Waals surface area contributed by atoms with Gasteiger partial charge in [0.25, 0.3) is 0 Å². The van der Waals surface area contributed by atoms with Gasteiger partial charge >= 0.3 is 0 Å². The number of hydrogen-bond donors (Lipinski definition) is 1. The monoisotopic (exact) mass is 292 g/mol. The molecule has 1 aromatic rings. The van der Waals surface area contributed by atoms with Crippen LogP contribution >= 0.6 is 12.2 Å². The lowest BCUT2D eigenvalue weighted by Gasteiger charge is -2.31. The average Bonchev–Trinajstić information content (AvgIpc) is 2.47. The summed E-state index contributed by atoms with van der Waals surface area (Å²) >= 11 is 5.45. The molecule has 0 unspecified atom stereocenters. The van der Waals surface area contributed by atoms with Crippen molar-refractivity contribution in [2.75, 3.05) is 6.61 Å². The van der Waals surface area contributed by atoms with Crippen molar-refractivity contribution >= 4 is 12.2 Å². The van der Waals surface area contributed by atoms with Crippen molar-refractivity contribution in [3.63, 3.8) is 0 Å². The van der Waals surface area contributed by atoms with Gasteiger partial charge in [-0.1, -0.05) is 26.1 Å². The van der Waals surface area contributed by atoms with Crippen LogP contribution in [0, 0.1) is 16.5 Å². The Balaban J connectivity index is 1.78. The van der Waals surface area contributed by atoms with Crippen molar-refractivity contribution in [2.45, 2.75) is 58.5 Å². The number of aromatic amines is 1. The quantitative estimate of drug-likeness (QED) is 0.832. The number of nitrogens with zero attached hydrogens (tertiary/aromatic N) is 1.